The van der Waals surface area contributed by atoms with Crippen molar-refractivity contribution in [3.8, 4) is 0 Å². The first kappa shape index (κ1) is 22.0. The zero-order chi connectivity index (χ0) is 22.9. The van der Waals surface area contributed by atoms with E-state index in [9.17, 15) is 4.79 Å². The van der Waals surface area contributed by atoms with Crippen molar-refractivity contribution in [2.24, 2.45) is 13.0 Å². The van der Waals surface area contributed by atoms with E-state index in [1.807, 2.05) is 6.07 Å². The number of piperazine rings is 1. The Hall–Kier alpha value is -2.86. The second kappa shape index (κ2) is 9.18. The molecule has 0 bridgehead atoms. The first-order valence-electron chi connectivity index (χ1n) is 12.2. The van der Waals surface area contributed by atoms with Crippen LogP contribution in [0.2, 0.25) is 0 Å². The number of imidazole rings is 1. The molecule has 0 unspecified atom stereocenters. The van der Waals surface area contributed by atoms with Gasteiger partial charge in [-0.1, -0.05) is 24.3 Å². The predicted molar refractivity (Wildman–Crippen MR) is 133 cm³/mol. The van der Waals surface area contributed by atoms with E-state index in [0.717, 1.165) is 70.0 Å². The minimum Gasteiger partial charge on any atom is -0.368 e. The van der Waals surface area contributed by atoms with Crippen molar-refractivity contribution in [3.63, 3.8) is 0 Å². The van der Waals surface area contributed by atoms with E-state index in [1.165, 1.54) is 22.3 Å². The van der Waals surface area contributed by atoms with Crippen LogP contribution in [-0.2, 0) is 18.4 Å². The predicted octanol–water partition coefficient (Wildman–Crippen LogP) is 3.75. The topological polar surface area (TPSA) is 44.6 Å². The number of para-hydroxylation sites is 2. The maximum Gasteiger partial charge on any atom is 0.227 e. The summed E-state index contributed by atoms with van der Waals surface area (Å²) in [6, 6.07) is 14.9. The zero-order valence-electron chi connectivity index (χ0n) is 20.1. The third-order valence-electron chi connectivity index (χ3n) is 7.40. The molecular weight excluding hydrogens is 410 g/mol. The molecule has 1 atom stereocenters. The summed E-state index contributed by atoms with van der Waals surface area (Å²) in [5.74, 6) is 1.51. The monoisotopic (exact) mass is 445 g/mol. The highest BCUT2D eigenvalue weighted by molar-refractivity contribution is 5.79. The van der Waals surface area contributed by atoms with Crippen LogP contribution in [0.15, 0.2) is 42.5 Å². The van der Waals surface area contributed by atoms with E-state index in [2.05, 4.69) is 76.6 Å². The molecule has 0 saturated carbocycles. The number of aryl methyl sites for hydroxylation is 3. The summed E-state index contributed by atoms with van der Waals surface area (Å²) in [4.78, 5) is 25.2. The molecule has 2 aliphatic heterocycles. The molecule has 1 amide bonds. The third-order valence-corrected chi connectivity index (χ3v) is 7.40. The van der Waals surface area contributed by atoms with Crippen LogP contribution in [0, 0.1) is 19.8 Å². The summed E-state index contributed by atoms with van der Waals surface area (Å²) in [6.45, 7) is 10.4. The first-order chi connectivity index (χ1) is 16.0. The van der Waals surface area contributed by atoms with Crippen LogP contribution in [-0.4, -0.2) is 64.5 Å². The number of likely N-dealkylation sites (tertiary alicyclic amines) is 1. The van der Waals surface area contributed by atoms with E-state index in [1.54, 1.807) is 0 Å². The van der Waals surface area contributed by atoms with Gasteiger partial charge in [0.15, 0.2) is 0 Å². The molecule has 2 aromatic carbocycles. The van der Waals surface area contributed by atoms with Crippen molar-refractivity contribution in [1.29, 1.82) is 0 Å². The maximum atomic E-state index is 13.4. The van der Waals surface area contributed by atoms with Gasteiger partial charge in [0.1, 0.15) is 5.82 Å². The molecule has 2 fully saturated rings. The van der Waals surface area contributed by atoms with Crippen LogP contribution in [0.4, 0.5) is 5.69 Å². The molecule has 6 heteroatoms. The number of carbonyl (C=O) groups is 1. The Morgan fingerprint density at radius 1 is 1.03 bits per heavy atom. The SMILES string of the molecule is Cc1ccc(C)c(N2CCN(C(=O)[C@H]3CCCN(Cc4nc5ccccc5n4C)C3)CC2)c1. The Labute approximate surface area is 196 Å². The number of anilines is 1. The Morgan fingerprint density at radius 3 is 2.61 bits per heavy atom. The molecule has 5 rings (SSSR count). The average Bonchev–Trinajstić information content (AvgIpc) is 3.15. The summed E-state index contributed by atoms with van der Waals surface area (Å²) in [5.41, 5.74) is 6.12. The van der Waals surface area contributed by atoms with Crippen LogP contribution in [0.1, 0.15) is 29.8 Å². The molecule has 3 heterocycles. The molecule has 33 heavy (non-hydrogen) atoms. The number of nitrogens with zero attached hydrogens (tertiary/aromatic N) is 5. The van der Waals surface area contributed by atoms with Crippen molar-refractivity contribution in [2.45, 2.75) is 33.2 Å². The Morgan fingerprint density at radius 2 is 1.82 bits per heavy atom. The molecule has 0 radical (unpaired) electrons. The van der Waals surface area contributed by atoms with Crippen molar-refractivity contribution < 1.29 is 4.79 Å². The number of hydrogen-bond donors (Lipinski definition) is 0. The van der Waals surface area contributed by atoms with Gasteiger partial charge in [-0.25, -0.2) is 4.98 Å². The van der Waals surface area contributed by atoms with Gasteiger partial charge in [-0.3, -0.25) is 9.69 Å². The van der Waals surface area contributed by atoms with Crippen molar-refractivity contribution >= 4 is 22.6 Å². The van der Waals surface area contributed by atoms with Gasteiger partial charge >= 0.3 is 0 Å². The van der Waals surface area contributed by atoms with E-state index in [0.29, 0.717) is 5.91 Å². The number of benzene rings is 2. The average molecular weight is 446 g/mol. The minimum atomic E-state index is 0.0979. The molecule has 3 aromatic rings. The second-order valence-electron chi connectivity index (χ2n) is 9.75. The maximum absolute atomic E-state index is 13.4. The Balaban J connectivity index is 1.20. The van der Waals surface area contributed by atoms with Crippen LogP contribution >= 0.6 is 0 Å². The van der Waals surface area contributed by atoms with Crippen LogP contribution < -0.4 is 4.90 Å². The number of piperidine rings is 1. The Kier molecular flexibility index (Phi) is 6.11. The minimum absolute atomic E-state index is 0.0979. The molecule has 0 spiro atoms. The lowest BCUT2D eigenvalue weighted by molar-refractivity contribution is -0.137. The van der Waals surface area contributed by atoms with Gasteiger partial charge in [-0.05, 0) is 62.6 Å². The number of amides is 1. The zero-order valence-corrected chi connectivity index (χ0v) is 20.1. The van der Waals surface area contributed by atoms with E-state index < -0.39 is 0 Å². The summed E-state index contributed by atoms with van der Waals surface area (Å²) in [7, 11) is 2.09. The summed E-state index contributed by atoms with van der Waals surface area (Å²) < 4.78 is 2.19. The lowest BCUT2D eigenvalue weighted by Gasteiger charge is -2.40. The highest BCUT2D eigenvalue weighted by atomic mass is 16.2. The number of aromatic nitrogens is 2. The third kappa shape index (κ3) is 4.49. The van der Waals surface area contributed by atoms with Gasteiger partial charge in [-0.2, -0.15) is 0 Å². The molecule has 0 aliphatic carbocycles. The van der Waals surface area contributed by atoms with E-state index >= 15 is 0 Å². The molecule has 2 saturated heterocycles. The van der Waals surface area contributed by atoms with Crippen molar-refractivity contribution in [1.82, 2.24) is 19.4 Å². The number of hydrogen-bond acceptors (Lipinski definition) is 4. The quantitative estimate of drug-likeness (QED) is 0.614. The molecule has 174 valence electrons. The van der Waals surface area contributed by atoms with Gasteiger partial charge in [0.05, 0.1) is 23.5 Å². The Bertz CT molecular complexity index is 1140. The largest absolute Gasteiger partial charge is 0.368 e. The van der Waals surface area contributed by atoms with Crippen LogP contribution in [0.3, 0.4) is 0 Å². The fourth-order valence-electron chi connectivity index (χ4n) is 5.42. The molecule has 0 N–H and O–H groups in total. The van der Waals surface area contributed by atoms with Gasteiger partial charge in [0.2, 0.25) is 5.91 Å². The van der Waals surface area contributed by atoms with Gasteiger partial charge in [-0.15, -0.1) is 0 Å². The number of fused-ring (bicyclic) bond motifs is 1. The highest BCUT2D eigenvalue weighted by Gasteiger charge is 2.31. The van der Waals surface area contributed by atoms with Gasteiger partial charge in [0.25, 0.3) is 0 Å². The molecule has 2 aliphatic rings. The highest BCUT2D eigenvalue weighted by Crippen LogP contribution is 2.25. The number of carbonyl (C=O) groups excluding carboxylic acids is 1. The lowest BCUT2D eigenvalue weighted by atomic mass is 9.96. The molecular formula is C27H35N5O. The first-order valence-corrected chi connectivity index (χ1v) is 12.2. The molecule has 6 nitrogen and oxygen atoms in total. The van der Waals surface area contributed by atoms with E-state index in [-0.39, 0.29) is 5.92 Å². The fourth-order valence-corrected chi connectivity index (χ4v) is 5.42. The van der Waals surface area contributed by atoms with Crippen molar-refractivity contribution in [3.05, 3.63) is 59.4 Å². The van der Waals surface area contributed by atoms with Crippen molar-refractivity contribution in [2.75, 3.05) is 44.2 Å². The lowest BCUT2D eigenvalue weighted by Crippen LogP contribution is -2.52. The summed E-state index contributed by atoms with van der Waals surface area (Å²) in [5, 5.41) is 0. The summed E-state index contributed by atoms with van der Waals surface area (Å²) >= 11 is 0. The standard InChI is InChI=1S/C27H35N5O/c1-20-10-11-21(2)25(17-20)31-13-15-32(16-14-31)27(33)22-7-6-12-30(18-22)19-26-28-23-8-4-5-9-24(23)29(26)3/h4-5,8-11,17,22H,6-7,12-16,18-19H2,1-3H3/t22-/m0/s1. The molecule has 1 aromatic heterocycles. The van der Waals surface area contributed by atoms with Gasteiger partial charge in [0, 0.05) is 45.5 Å². The smallest absolute Gasteiger partial charge is 0.227 e. The normalized spacial score (nSPS) is 19.9. The second-order valence-corrected chi connectivity index (χ2v) is 9.75. The summed E-state index contributed by atoms with van der Waals surface area (Å²) in [6.07, 6.45) is 2.07. The van der Waals surface area contributed by atoms with E-state index in [4.69, 9.17) is 4.98 Å². The van der Waals surface area contributed by atoms with Crippen LogP contribution in [0.5, 0.6) is 0 Å². The van der Waals surface area contributed by atoms with Gasteiger partial charge < -0.3 is 14.4 Å². The van der Waals surface area contributed by atoms with Crippen LogP contribution in [0.25, 0.3) is 11.0 Å². The number of rotatable bonds is 4. The fraction of sp³-hybridized carbons (Fsp3) is 0.481.